The van der Waals surface area contributed by atoms with Gasteiger partial charge >= 0.3 is 5.97 Å². The van der Waals surface area contributed by atoms with Crippen LogP contribution in [0.25, 0.3) is 0 Å². The quantitative estimate of drug-likeness (QED) is 0.836. The molecule has 0 aliphatic carbocycles. The fourth-order valence-electron chi connectivity index (χ4n) is 2.68. The molecule has 0 spiro atoms. The number of carboxylic acid groups (broad SMARTS) is 1. The highest BCUT2D eigenvalue weighted by atomic mass is 32.2. The molecule has 1 N–H and O–H groups in total. The van der Waals surface area contributed by atoms with Crippen molar-refractivity contribution >= 4 is 33.2 Å². The molecular weight excluding hydrogens is 378 g/mol. The van der Waals surface area contributed by atoms with Crippen molar-refractivity contribution < 1.29 is 23.1 Å². The summed E-state index contributed by atoms with van der Waals surface area (Å²) in [7, 11) is -3.76. The van der Waals surface area contributed by atoms with Crippen LogP contribution in [-0.2, 0) is 10.0 Å². The normalized spacial score (nSPS) is 15.8. The standard InChI is InChI=1S/C16H17N3O5S2/c1-11-3-2-4-17-14(11)15(20)18-5-7-19(8-6-18)26(23,24)13-9-12(10-25-13)16(21)22/h2-4,9-10H,5-8H2,1H3,(H,21,22). The maximum Gasteiger partial charge on any atom is 0.336 e. The summed E-state index contributed by atoms with van der Waals surface area (Å²) in [6, 6.07) is 4.72. The molecule has 2 aromatic rings. The molecule has 1 aliphatic heterocycles. The van der Waals surface area contributed by atoms with Crippen LogP contribution < -0.4 is 0 Å². The molecule has 1 fully saturated rings. The summed E-state index contributed by atoms with van der Waals surface area (Å²) < 4.78 is 26.6. The van der Waals surface area contributed by atoms with Crippen LogP contribution in [0.4, 0.5) is 0 Å². The van der Waals surface area contributed by atoms with Crippen LogP contribution in [0.1, 0.15) is 26.4 Å². The number of aromatic carboxylic acids is 1. The van der Waals surface area contributed by atoms with Gasteiger partial charge in [0.1, 0.15) is 9.90 Å². The highest BCUT2D eigenvalue weighted by Crippen LogP contribution is 2.25. The van der Waals surface area contributed by atoms with Crippen LogP contribution in [0.5, 0.6) is 0 Å². The van der Waals surface area contributed by atoms with Crippen LogP contribution in [-0.4, -0.2) is 65.8 Å². The number of rotatable bonds is 4. The lowest BCUT2D eigenvalue weighted by molar-refractivity contribution is 0.0684. The number of sulfonamides is 1. The second kappa shape index (κ2) is 7.14. The minimum Gasteiger partial charge on any atom is -0.478 e. The zero-order valence-electron chi connectivity index (χ0n) is 14.0. The van der Waals surface area contributed by atoms with Crippen molar-refractivity contribution in [2.75, 3.05) is 26.2 Å². The molecule has 8 nitrogen and oxygen atoms in total. The third-order valence-corrected chi connectivity index (χ3v) is 7.47. The third kappa shape index (κ3) is 3.48. The average molecular weight is 395 g/mol. The highest BCUT2D eigenvalue weighted by molar-refractivity contribution is 7.91. The van der Waals surface area contributed by atoms with Gasteiger partial charge in [0.2, 0.25) is 0 Å². The van der Waals surface area contributed by atoms with Crippen molar-refractivity contribution in [2.24, 2.45) is 0 Å². The maximum atomic E-state index is 12.7. The van der Waals surface area contributed by atoms with Crippen molar-refractivity contribution in [3.05, 3.63) is 46.6 Å². The van der Waals surface area contributed by atoms with Crippen molar-refractivity contribution in [2.45, 2.75) is 11.1 Å². The van der Waals surface area contributed by atoms with Gasteiger partial charge < -0.3 is 10.0 Å². The Morgan fingerprint density at radius 2 is 1.92 bits per heavy atom. The van der Waals surface area contributed by atoms with E-state index in [-0.39, 0.29) is 41.9 Å². The predicted octanol–water partition coefficient (Wildman–Crippen LogP) is 1.30. The summed E-state index contributed by atoms with van der Waals surface area (Å²) in [5.74, 6) is -1.38. The Kier molecular flexibility index (Phi) is 5.08. The van der Waals surface area contributed by atoms with Gasteiger partial charge in [0.05, 0.1) is 5.56 Å². The Balaban J connectivity index is 1.70. The van der Waals surface area contributed by atoms with Gasteiger partial charge in [-0.1, -0.05) is 6.07 Å². The first-order chi connectivity index (χ1) is 12.3. The first kappa shape index (κ1) is 18.5. The van der Waals surface area contributed by atoms with Crippen LogP contribution in [0.3, 0.4) is 0 Å². The van der Waals surface area contributed by atoms with Crippen LogP contribution in [0, 0.1) is 6.92 Å². The number of hydrogen-bond acceptors (Lipinski definition) is 6. The second-order valence-corrected chi connectivity index (χ2v) is 8.90. The average Bonchev–Trinajstić information content (AvgIpc) is 3.13. The minimum atomic E-state index is -3.76. The van der Waals surface area contributed by atoms with Gasteiger partial charge in [-0.25, -0.2) is 13.2 Å². The molecule has 2 aromatic heterocycles. The number of carbonyl (C=O) groups is 2. The molecule has 10 heteroatoms. The number of carboxylic acids is 1. The molecule has 0 aromatic carbocycles. The largest absolute Gasteiger partial charge is 0.478 e. The molecule has 1 aliphatic rings. The zero-order chi connectivity index (χ0) is 18.9. The highest BCUT2D eigenvalue weighted by Gasteiger charge is 2.32. The molecular formula is C16H17N3O5S2. The van der Waals surface area contributed by atoms with E-state index in [0.717, 1.165) is 23.0 Å². The summed E-state index contributed by atoms with van der Waals surface area (Å²) in [4.78, 5) is 29.2. The van der Waals surface area contributed by atoms with E-state index in [1.165, 1.54) is 9.69 Å². The summed E-state index contributed by atoms with van der Waals surface area (Å²) in [5.41, 5.74) is 1.09. The van der Waals surface area contributed by atoms with Gasteiger partial charge in [-0.15, -0.1) is 11.3 Å². The fraction of sp³-hybridized carbons (Fsp3) is 0.312. The van der Waals surface area contributed by atoms with E-state index >= 15 is 0 Å². The Morgan fingerprint density at radius 3 is 2.50 bits per heavy atom. The molecule has 0 bridgehead atoms. The van der Waals surface area contributed by atoms with Crippen LogP contribution in [0.2, 0.25) is 0 Å². The molecule has 3 heterocycles. The lowest BCUT2D eigenvalue weighted by Gasteiger charge is -2.33. The molecule has 0 atom stereocenters. The van der Waals surface area contributed by atoms with Gasteiger partial charge in [0.25, 0.3) is 15.9 Å². The van der Waals surface area contributed by atoms with Crippen LogP contribution in [0.15, 0.2) is 34.0 Å². The molecule has 26 heavy (non-hydrogen) atoms. The van der Waals surface area contributed by atoms with Gasteiger partial charge in [0, 0.05) is 37.8 Å². The Morgan fingerprint density at radius 1 is 1.23 bits per heavy atom. The Hall–Kier alpha value is -2.30. The number of thiophene rings is 1. The van der Waals surface area contributed by atoms with Gasteiger partial charge in [0.15, 0.2) is 0 Å². The number of nitrogens with zero attached hydrogens (tertiary/aromatic N) is 3. The molecule has 1 amide bonds. The van der Waals surface area contributed by atoms with E-state index in [1.54, 1.807) is 30.2 Å². The number of piperazine rings is 1. The first-order valence-electron chi connectivity index (χ1n) is 7.83. The van der Waals surface area contributed by atoms with E-state index in [1.807, 2.05) is 0 Å². The van der Waals surface area contributed by atoms with Gasteiger partial charge in [-0.05, 0) is 24.6 Å². The number of aryl methyl sites for hydroxylation is 1. The Labute approximate surface area is 154 Å². The summed E-state index contributed by atoms with van der Waals surface area (Å²) in [6.07, 6.45) is 1.55. The smallest absolute Gasteiger partial charge is 0.336 e. The minimum absolute atomic E-state index is 0.00440. The van der Waals surface area contributed by atoms with Crippen molar-refractivity contribution in [3.8, 4) is 0 Å². The van der Waals surface area contributed by atoms with Crippen molar-refractivity contribution in [1.82, 2.24) is 14.2 Å². The van der Waals surface area contributed by atoms with Crippen LogP contribution >= 0.6 is 11.3 Å². The lowest BCUT2D eigenvalue weighted by Crippen LogP contribution is -2.50. The monoisotopic (exact) mass is 395 g/mol. The SMILES string of the molecule is Cc1cccnc1C(=O)N1CCN(S(=O)(=O)c2cc(C(=O)O)cs2)CC1. The summed E-state index contributed by atoms with van der Waals surface area (Å²) in [5, 5.41) is 10.3. The van der Waals surface area contributed by atoms with E-state index < -0.39 is 16.0 Å². The molecule has 3 rings (SSSR count). The Bertz CT molecular complexity index is 946. The van der Waals surface area contributed by atoms with E-state index in [4.69, 9.17) is 5.11 Å². The van der Waals surface area contributed by atoms with Gasteiger partial charge in [-0.3, -0.25) is 9.78 Å². The number of hydrogen-bond donors (Lipinski definition) is 1. The van der Waals surface area contributed by atoms with Crippen molar-refractivity contribution in [3.63, 3.8) is 0 Å². The summed E-state index contributed by atoms with van der Waals surface area (Å²) >= 11 is 0.883. The van der Waals surface area contributed by atoms with Crippen molar-refractivity contribution in [1.29, 1.82) is 0 Å². The van der Waals surface area contributed by atoms with E-state index in [9.17, 15) is 18.0 Å². The molecule has 1 saturated heterocycles. The zero-order valence-corrected chi connectivity index (χ0v) is 15.6. The molecule has 0 radical (unpaired) electrons. The second-order valence-electron chi connectivity index (χ2n) is 5.82. The number of pyridine rings is 1. The van der Waals surface area contributed by atoms with E-state index in [2.05, 4.69) is 4.98 Å². The number of aromatic nitrogens is 1. The molecule has 0 saturated carbocycles. The topological polar surface area (TPSA) is 108 Å². The third-order valence-electron chi connectivity index (χ3n) is 4.15. The fourth-order valence-corrected chi connectivity index (χ4v) is 5.41. The summed E-state index contributed by atoms with van der Waals surface area (Å²) in [6.45, 7) is 2.62. The molecule has 0 unspecified atom stereocenters. The maximum absolute atomic E-state index is 12.7. The predicted molar refractivity (Wildman–Crippen MR) is 94.9 cm³/mol. The first-order valence-corrected chi connectivity index (χ1v) is 10.2. The van der Waals surface area contributed by atoms with Gasteiger partial charge in [-0.2, -0.15) is 4.31 Å². The van der Waals surface area contributed by atoms with E-state index in [0.29, 0.717) is 5.69 Å². The molecule has 138 valence electrons. The number of carbonyl (C=O) groups excluding carboxylic acids is 1. The lowest BCUT2D eigenvalue weighted by atomic mass is 10.2. The number of amides is 1.